The molecule has 1 aliphatic heterocycles. The summed E-state index contributed by atoms with van der Waals surface area (Å²) in [4.78, 5) is 2.60. The monoisotopic (exact) mass is 212 g/mol. The summed E-state index contributed by atoms with van der Waals surface area (Å²) in [6.45, 7) is 3.46. The van der Waals surface area contributed by atoms with Crippen molar-refractivity contribution in [2.75, 3.05) is 26.2 Å². The van der Waals surface area contributed by atoms with E-state index < -0.39 is 0 Å². The first kappa shape index (κ1) is 11.4. The van der Waals surface area contributed by atoms with Crippen LogP contribution in [0.3, 0.4) is 0 Å². The molecule has 3 N–H and O–H groups in total. The molecule has 1 aliphatic carbocycles. The molecule has 3 nitrogen and oxygen atoms in total. The number of hydrogen-bond donors (Lipinski definition) is 2. The largest absolute Gasteiger partial charge is 0.396 e. The van der Waals surface area contributed by atoms with E-state index in [0.717, 1.165) is 32.5 Å². The lowest BCUT2D eigenvalue weighted by Crippen LogP contribution is -2.54. The zero-order chi connectivity index (χ0) is 10.7. The Labute approximate surface area is 92.6 Å². The summed E-state index contributed by atoms with van der Waals surface area (Å²) < 4.78 is 0. The lowest BCUT2D eigenvalue weighted by molar-refractivity contribution is 0.0451. The molecule has 0 spiro atoms. The second-order valence-electron chi connectivity index (χ2n) is 5.25. The third-order valence-corrected chi connectivity index (χ3v) is 4.46. The minimum absolute atomic E-state index is 0.320. The Kier molecular flexibility index (Phi) is 3.65. The highest BCUT2D eigenvalue weighted by Crippen LogP contribution is 2.36. The summed E-state index contributed by atoms with van der Waals surface area (Å²) in [5.74, 6) is 0.539. The Bertz CT molecular complexity index is 194. The van der Waals surface area contributed by atoms with Gasteiger partial charge in [0.05, 0.1) is 0 Å². The summed E-state index contributed by atoms with van der Waals surface area (Å²) >= 11 is 0. The first-order valence-electron chi connectivity index (χ1n) is 6.37. The number of nitrogens with two attached hydrogens (primary N) is 1. The Morgan fingerprint density at radius 1 is 1.20 bits per heavy atom. The molecule has 2 fully saturated rings. The van der Waals surface area contributed by atoms with E-state index in [0.29, 0.717) is 18.1 Å². The maximum absolute atomic E-state index is 9.12. The molecule has 0 aromatic carbocycles. The normalized spacial score (nSPS) is 28.4. The van der Waals surface area contributed by atoms with Crippen LogP contribution < -0.4 is 5.73 Å². The predicted octanol–water partition coefficient (Wildman–Crippen LogP) is 0.962. The van der Waals surface area contributed by atoms with Gasteiger partial charge >= 0.3 is 0 Å². The van der Waals surface area contributed by atoms with E-state index in [2.05, 4.69) is 4.90 Å². The van der Waals surface area contributed by atoms with Crippen LogP contribution in [0.1, 0.15) is 38.5 Å². The Morgan fingerprint density at radius 3 is 2.27 bits per heavy atom. The zero-order valence-corrected chi connectivity index (χ0v) is 9.62. The zero-order valence-electron chi connectivity index (χ0n) is 9.62. The van der Waals surface area contributed by atoms with E-state index in [4.69, 9.17) is 10.8 Å². The SMILES string of the molecule is NCC1(N2CCC(CO)CC2)CCCC1. The number of rotatable bonds is 3. The van der Waals surface area contributed by atoms with Gasteiger partial charge in [0.2, 0.25) is 0 Å². The smallest absolute Gasteiger partial charge is 0.0460 e. The average Bonchev–Trinajstić information content (AvgIpc) is 2.79. The molecular formula is C12H24N2O. The van der Waals surface area contributed by atoms with E-state index in [9.17, 15) is 0 Å². The van der Waals surface area contributed by atoms with Gasteiger partial charge < -0.3 is 10.8 Å². The van der Waals surface area contributed by atoms with Crippen molar-refractivity contribution >= 4 is 0 Å². The van der Waals surface area contributed by atoms with Gasteiger partial charge in [-0.1, -0.05) is 12.8 Å². The molecule has 0 amide bonds. The summed E-state index contributed by atoms with van der Waals surface area (Å²) in [5, 5.41) is 9.12. The van der Waals surface area contributed by atoms with Crippen molar-refractivity contribution in [1.29, 1.82) is 0 Å². The van der Waals surface area contributed by atoms with E-state index >= 15 is 0 Å². The van der Waals surface area contributed by atoms with Gasteiger partial charge in [0.15, 0.2) is 0 Å². The predicted molar refractivity (Wildman–Crippen MR) is 61.6 cm³/mol. The standard InChI is InChI=1S/C12H24N2O/c13-10-12(5-1-2-6-12)14-7-3-11(9-15)4-8-14/h11,15H,1-10,13H2. The van der Waals surface area contributed by atoms with Crippen LogP contribution in [0.5, 0.6) is 0 Å². The third kappa shape index (κ3) is 2.19. The maximum Gasteiger partial charge on any atom is 0.0460 e. The van der Waals surface area contributed by atoms with Crippen LogP contribution in [-0.2, 0) is 0 Å². The quantitative estimate of drug-likeness (QED) is 0.732. The van der Waals surface area contributed by atoms with Crippen LogP contribution >= 0.6 is 0 Å². The van der Waals surface area contributed by atoms with Crippen molar-refractivity contribution in [1.82, 2.24) is 4.90 Å². The van der Waals surface area contributed by atoms with E-state index in [1.54, 1.807) is 0 Å². The topological polar surface area (TPSA) is 49.5 Å². The molecule has 1 saturated heterocycles. The van der Waals surface area contributed by atoms with Crippen molar-refractivity contribution in [2.45, 2.75) is 44.1 Å². The second-order valence-corrected chi connectivity index (χ2v) is 5.25. The average molecular weight is 212 g/mol. The van der Waals surface area contributed by atoms with Crippen LogP contribution in [-0.4, -0.2) is 41.8 Å². The molecule has 15 heavy (non-hydrogen) atoms. The fourth-order valence-electron chi connectivity index (χ4n) is 3.27. The van der Waals surface area contributed by atoms with Gasteiger partial charge in [0, 0.05) is 18.7 Å². The molecule has 1 saturated carbocycles. The molecule has 2 rings (SSSR count). The number of piperidine rings is 1. The van der Waals surface area contributed by atoms with Crippen molar-refractivity contribution < 1.29 is 5.11 Å². The van der Waals surface area contributed by atoms with Crippen LogP contribution in [0.2, 0.25) is 0 Å². The van der Waals surface area contributed by atoms with Crippen LogP contribution in [0.25, 0.3) is 0 Å². The van der Waals surface area contributed by atoms with Crippen LogP contribution in [0.4, 0.5) is 0 Å². The summed E-state index contributed by atoms with van der Waals surface area (Å²) in [6.07, 6.45) is 7.56. The van der Waals surface area contributed by atoms with Crippen molar-refractivity contribution in [2.24, 2.45) is 11.7 Å². The molecule has 3 heteroatoms. The van der Waals surface area contributed by atoms with Gasteiger partial charge in [-0.15, -0.1) is 0 Å². The van der Waals surface area contributed by atoms with E-state index in [1.165, 1.54) is 25.7 Å². The highest BCUT2D eigenvalue weighted by Gasteiger charge is 2.39. The molecule has 88 valence electrons. The van der Waals surface area contributed by atoms with Gasteiger partial charge in [-0.3, -0.25) is 4.90 Å². The number of hydrogen-bond acceptors (Lipinski definition) is 3. The number of aliphatic hydroxyl groups excluding tert-OH is 1. The molecule has 0 bridgehead atoms. The Balaban J connectivity index is 1.93. The molecule has 1 heterocycles. The third-order valence-electron chi connectivity index (χ3n) is 4.46. The number of likely N-dealkylation sites (tertiary alicyclic amines) is 1. The summed E-state index contributed by atoms with van der Waals surface area (Å²) in [7, 11) is 0. The van der Waals surface area contributed by atoms with Crippen molar-refractivity contribution in [3.05, 3.63) is 0 Å². The molecular weight excluding hydrogens is 188 g/mol. The molecule has 0 unspecified atom stereocenters. The van der Waals surface area contributed by atoms with Gasteiger partial charge in [-0.25, -0.2) is 0 Å². The minimum atomic E-state index is 0.320. The first-order chi connectivity index (χ1) is 7.30. The summed E-state index contributed by atoms with van der Waals surface area (Å²) in [6, 6.07) is 0. The number of nitrogens with zero attached hydrogens (tertiary/aromatic N) is 1. The minimum Gasteiger partial charge on any atom is -0.396 e. The number of aliphatic hydroxyl groups is 1. The van der Waals surface area contributed by atoms with Gasteiger partial charge in [-0.05, 0) is 44.7 Å². The van der Waals surface area contributed by atoms with Crippen molar-refractivity contribution in [3.63, 3.8) is 0 Å². The van der Waals surface area contributed by atoms with Gasteiger partial charge in [0.1, 0.15) is 0 Å². The highest BCUT2D eigenvalue weighted by atomic mass is 16.3. The van der Waals surface area contributed by atoms with Crippen molar-refractivity contribution in [3.8, 4) is 0 Å². The molecule has 0 aromatic rings. The molecule has 0 atom stereocenters. The van der Waals surface area contributed by atoms with E-state index in [-0.39, 0.29) is 0 Å². The maximum atomic E-state index is 9.12. The van der Waals surface area contributed by atoms with Crippen LogP contribution in [0.15, 0.2) is 0 Å². The molecule has 2 aliphatic rings. The van der Waals surface area contributed by atoms with Gasteiger partial charge in [-0.2, -0.15) is 0 Å². The summed E-state index contributed by atoms with van der Waals surface area (Å²) in [5.41, 5.74) is 6.30. The van der Waals surface area contributed by atoms with Gasteiger partial charge in [0.25, 0.3) is 0 Å². The van der Waals surface area contributed by atoms with Crippen LogP contribution in [0, 0.1) is 5.92 Å². The fourth-order valence-corrected chi connectivity index (χ4v) is 3.27. The second kappa shape index (κ2) is 4.81. The highest BCUT2D eigenvalue weighted by molar-refractivity contribution is 4.97. The Hall–Kier alpha value is -0.120. The fraction of sp³-hybridized carbons (Fsp3) is 1.00. The lowest BCUT2D eigenvalue weighted by atomic mass is 9.89. The van der Waals surface area contributed by atoms with E-state index in [1.807, 2.05) is 0 Å². The molecule has 0 radical (unpaired) electrons. The first-order valence-corrected chi connectivity index (χ1v) is 6.37. The lowest BCUT2D eigenvalue weighted by Gasteiger charge is -2.44. The Morgan fingerprint density at radius 2 is 1.80 bits per heavy atom. The molecule has 0 aromatic heterocycles.